The van der Waals surface area contributed by atoms with Gasteiger partial charge >= 0.3 is 0 Å². The van der Waals surface area contributed by atoms with E-state index < -0.39 is 9.84 Å². The molecule has 0 radical (unpaired) electrons. The largest absolute Gasteiger partial charge is 0.316 e. The van der Waals surface area contributed by atoms with Crippen molar-refractivity contribution in [3.05, 3.63) is 30.1 Å². The predicted octanol–water partition coefficient (Wildman–Crippen LogP) is 0.257. The van der Waals surface area contributed by atoms with Crippen molar-refractivity contribution in [2.45, 2.75) is 12.5 Å². The molecule has 0 spiro atoms. The fourth-order valence-electron chi connectivity index (χ4n) is 1.41. The number of hydrogen-bond acceptors (Lipinski definition) is 4. The second kappa shape index (κ2) is 5.23. The summed E-state index contributed by atoms with van der Waals surface area (Å²) in [5, 5.41) is 3.01. The van der Waals surface area contributed by atoms with Crippen LogP contribution in [-0.4, -0.2) is 38.5 Å². The maximum atomic E-state index is 11.1. The standard InChI is InChI=1S/C10H16N2O2S/c1-11-10(8-15(2,13)14)7-9-3-5-12-6-4-9/h3-6,10-11H,7-8H2,1-2H3. The normalized spacial score (nSPS) is 13.7. The van der Waals surface area contributed by atoms with E-state index in [1.807, 2.05) is 12.1 Å². The van der Waals surface area contributed by atoms with Gasteiger partial charge in [-0.3, -0.25) is 4.98 Å². The third kappa shape index (κ3) is 4.90. The molecule has 0 aliphatic heterocycles. The molecule has 15 heavy (non-hydrogen) atoms. The van der Waals surface area contributed by atoms with E-state index in [0.29, 0.717) is 6.42 Å². The van der Waals surface area contributed by atoms with Crippen molar-refractivity contribution >= 4 is 9.84 Å². The third-order valence-electron chi connectivity index (χ3n) is 2.14. The molecule has 1 aromatic heterocycles. The summed E-state index contributed by atoms with van der Waals surface area (Å²) in [6, 6.07) is 3.75. The third-order valence-corrected chi connectivity index (χ3v) is 3.15. The first-order valence-corrected chi connectivity index (χ1v) is 6.81. The number of likely N-dealkylation sites (N-methyl/N-ethyl adjacent to an activating group) is 1. The van der Waals surface area contributed by atoms with Crippen LogP contribution < -0.4 is 5.32 Å². The molecule has 84 valence electrons. The zero-order chi connectivity index (χ0) is 11.3. The highest BCUT2D eigenvalue weighted by Gasteiger charge is 2.13. The Labute approximate surface area is 90.7 Å². The van der Waals surface area contributed by atoms with Crippen molar-refractivity contribution in [3.8, 4) is 0 Å². The molecule has 1 atom stereocenters. The van der Waals surface area contributed by atoms with Crippen LogP contribution in [0.15, 0.2) is 24.5 Å². The van der Waals surface area contributed by atoms with Crippen molar-refractivity contribution in [3.63, 3.8) is 0 Å². The Balaban J connectivity index is 2.63. The fraction of sp³-hybridized carbons (Fsp3) is 0.500. The predicted molar refractivity (Wildman–Crippen MR) is 60.5 cm³/mol. The van der Waals surface area contributed by atoms with Gasteiger partial charge < -0.3 is 5.32 Å². The van der Waals surface area contributed by atoms with Gasteiger partial charge in [-0.15, -0.1) is 0 Å². The van der Waals surface area contributed by atoms with Crippen LogP contribution in [0.3, 0.4) is 0 Å². The first kappa shape index (κ1) is 12.1. The SMILES string of the molecule is CNC(Cc1ccncc1)CS(C)(=O)=O. The summed E-state index contributed by atoms with van der Waals surface area (Å²) >= 11 is 0. The van der Waals surface area contributed by atoms with E-state index in [2.05, 4.69) is 10.3 Å². The van der Waals surface area contributed by atoms with Gasteiger partial charge in [0.2, 0.25) is 0 Å². The Hall–Kier alpha value is -0.940. The molecule has 1 unspecified atom stereocenters. The van der Waals surface area contributed by atoms with Crippen LogP contribution in [0.2, 0.25) is 0 Å². The average Bonchev–Trinajstić information content (AvgIpc) is 2.16. The van der Waals surface area contributed by atoms with Gasteiger partial charge in [-0.25, -0.2) is 8.42 Å². The number of rotatable bonds is 5. The molecular weight excluding hydrogens is 212 g/mol. The minimum Gasteiger partial charge on any atom is -0.316 e. The highest BCUT2D eigenvalue weighted by atomic mass is 32.2. The molecule has 1 heterocycles. The Morgan fingerprint density at radius 3 is 2.47 bits per heavy atom. The summed E-state index contributed by atoms with van der Waals surface area (Å²) in [4.78, 5) is 3.91. The molecule has 0 aliphatic carbocycles. The zero-order valence-electron chi connectivity index (χ0n) is 8.97. The van der Waals surface area contributed by atoms with E-state index in [9.17, 15) is 8.42 Å². The lowest BCUT2D eigenvalue weighted by Crippen LogP contribution is -2.34. The first-order valence-electron chi connectivity index (χ1n) is 4.75. The van der Waals surface area contributed by atoms with Gasteiger partial charge in [0.25, 0.3) is 0 Å². The Bertz CT molecular complexity index is 389. The first-order chi connectivity index (χ1) is 7.01. The molecule has 1 rings (SSSR count). The molecule has 5 heteroatoms. The number of nitrogens with one attached hydrogen (secondary N) is 1. The lowest BCUT2D eigenvalue weighted by Gasteiger charge is -2.14. The van der Waals surface area contributed by atoms with Crippen LogP contribution >= 0.6 is 0 Å². The molecule has 1 aromatic rings. The second-order valence-electron chi connectivity index (χ2n) is 3.64. The van der Waals surface area contributed by atoms with Gasteiger partial charge in [0.1, 0.15) is 9.84 Å². The molecule has 0 fully saturated rings. The smallest absolute Gasteiger partial charge is 0.148 e. The van der Waals surface area contributed by atoms with Crippen LogP contribution in [0.5, 0.6) is 0 Å². The molecule has 0 aliphatic rings. The van der Waals surface area contributed by atoms with Crippen molar-refractivity contribution in [1.29, 1.82) is 0 Å². The van der Waals surface area contributed by atoms with Crippen LogP contribution in [0, 0.1) is 0 Å². The van der Waals surface area contributed by atoms with Crippen LogP contribution in [-0.2, 0) is 16.3 Å². The van der Waals surface area contributed by atoms with Gasteiger partial charge in [-0.2, -0.15) is 0 Å². The van der Waals surface area contributed by atoms with Crippen molar-refractivity contribution in [1.82, 2.24) is 10.3 Å². The van der Waals surface area contributed by atoms with E-state index in [1.54, 1.807) is 19.4 Å². The molecular formula is C10H16N2O2S. The quantitative estimate of drug-likeness (QED) is 0.785. The molecule has 0 amide bonds. The fourth-order valence-corrected chi connectivity index (χ4v) is 2.43. The number of pyridine rings is 1. The number of sulfone groups is 1. The van der Waals surface area contributed by atoms with Crippen molar-refractivity contribution < 1.29 is 8.42 Å². The molecule has 1 N–H and O–H groups in total. The van der Waals surface area contributed by atoms with Crippen LogP contribution in [0.25, 0.3) is 0 Å². The van der Waals surface area contributed by atoms with Crippen molar-refractivity contribution in [2.75, 3.05) is 19.1 Å². The maximum Gasteiger partial charge on any atom is 0.148 e. The minimum absolute atomic E-state index is 0.0394. The molecule has 0 aromatic carbocycles. The van der Waals surface area contributed by atoms with E-state index in [0.717, 1.165) is 5.56 Å². The lowest BCUT2D eigenvalue weighted by molar-refractivity contribution is 0.567. The molecule has 0 saturated carbocycles. The second-order valence-corrected chi connectivity index (χ2v) is 5.82. The Kier molecular flexibility index (Phi) is 4.23. The zero-order valence-corrected chi connectivity index (χ0v) is 9.79. The van der Waals surface area contributed by atoms with Crippen molar-refractivity contribution in [2.24, 2.45) is 0 Å². The average molecular weight is 228 g/mol. The number of hydrogen-bond donors (Lipinski definition) is 1. The van der Waals surface area contributed by atoms with Gasteiger partial charge in [0.15, 0.2) is 0 Å². The van der Waals surface area contributed by atoms with Crippen LogP contribution in [0.4, 0.5) is 0 Å². The van der Waals surface area contributed by atoms with E-state index >= 15 is 0 Å². The maximum absolute atomic E-state index is 11.1. The monoisotopic (exact) mass is 228 g/mol. The molecule has 0 saturated heterocycles. The number of aromatic nitrogens is 1. The number of nitrogens with zero attached hydrogens (tertiary/aromatic N) is 1. The van der Waals surface area contributed by atoms with Gasteiger partial charge in [-0.1, -0.05) is 0 Å². The highest BCUT2D eigenvalue weighted by molar-refractivity contribution is 7.90. The lowest BCUT2D eigenvalue weighted by atomic mass is 10.1. The summed E-state index contributed by atoms with van der Waals surface area (Å²) < 4.78 is 22.3. The summed E-state index contributed by atoms with van der Waals surface area (Å²) in [7, 11) is -1.16. The molecule has 0 bridgehead atoms. The summed E-state index contributed by atoms with van der Waals surface area (Å²) in [5.74, 6) is 0.159. The van der Waals surface area contributed by atoms with Gasteiger partial charge in [0.05, 0.1) is 5.75 Å². The van der Waals surface area contributed by atoms with Gasteiger partial charge in [0, 0.05) is 24.7 Å². The molecule has 4 nitrogen and oxygen atoms in total. The Morgan fingerprint density at radius 1 is 1.40 bits per heavy atom. The minimum atomic E-state index is -2.93. The summed E-state index contributed by atoms with van der Waals surface area (Å²) in [5.41, 5.74) is 1.09. The van der Waals surface area contributed by atoms with Gasteiger partial charge in [-0.05, 0) is 31.2 Å². The highest BCUT2D eigenvalue weighted by Crippen LogP contribution is 2.03. The van der Waals surface area contributed by atoms with E-state index in [1.165, 1.54) is 6.26 Å². The Morgan fingerprint density at radius 2 is 2.00 bits per heavy atom. The summed E-state index contributed by atoms with van der Waals surface area (Å²) in [6.07, 6.45) is 5.38. The topological polar surface area (TPSA) is 59.1 Å². The van der Waals surface area contributed by atoms with Crippen LogP contribution in [0.1, 0.15) is 5.56 Å². The summed E-state index contributed by atoms with van der Waals surface area (Å²) in [6.45, 7) is 0. The van der Waals surface area contributed by atoms with E-state index in [-0.39, 0.29) is 11.8 Å². The van der Waals surface area contributed by atoms with E-state index in [4.69, 9.17) is 0 Å².